The highest BCUT2D eigenvalue weighted by Crippen LogP contribution is 2.62. The van der Waals surface area contributed by atoms with Gasteiger partial charge in [-0.3, -0.25) is 24.0 Å². The molecule has 4 aliphatic carbocycles. The average Bonchev–Trinajstić information content (AvgIpc) is 3.39. The minimum Gasteiger partial charge on any atom is -0.507 e. The summed E-state index contributed by atoms with van der Waals surface area (Å²) in [6, 6.07) is 3.76. The minimum atomic E-state index is -2.85. The van der Waals surface area contributed by atoms with Gasteiger partial charge in [0, 0.05) is 22.7 Å². The van der Waals surface area contributed by atoms with Crippen LogP contribution in [0.4, 0.5) is 0 Å². The standard InChI is InChI=1S/C30H37BrN2O8/c1-13-15-10-7-11-16(34)18(15)24(36)21-26(38)30(40)20(23(33(3)4)22(31)19(25(30)37)28(32)39)27(29(13,21)2)41-17(35)12-14-8-5-6-9-14/h7,10-11,13-14,19-23,27,34,40H,5-6,8-9,12H2,1-4H3,(H2,32,39)/t13-,19?,20+,21?,22?,23-,27+,29+,30+/m1/s1. The first kappa shape index (κ1) is 29.8. The predicted octanol–water partition coefficient (Wildman–Crippen LogP) is 2.11. The molecule has 41 heavy (non-hydrogen) atoms. The van der Waals surface area contributed by atoms with Gasteiger partial charge in [0.15, 0.2) is 23.0 Å². The van der Waals surface area contributed by atoms with Crippen LogP contribution in [0.25, 0.3) is 0 Å². The molecule has 0 heterocycles. The number of amides is 1. The number of esters is 1. The van der Waals surface area contributed by atoms with Gasteiger partial charge in [0.05, 0.1) is 17.4 Å². The number of carbonyl (C=O) groups excluding carboxylic acids is 5. The number of halogens is 1. The number of alkyl halides is 1. The average molecular weight is 634 g/mol. The van der Waals surface area contributed by atoms with E-state index < -0.39 is 80.9 Å². The Hall–Kier alpha value is -2.63. The number of rotatable bonds is 5. The maximum atomic E-state index is 14.5. The zero-order chi connectivity index (χ0) is 30.2. The van der Waals surface area contributed by atoms with Crippen molar-refractivity contribution < 1.29 is 38.9 Å². The molecule has 1 amide bonds. The molecule has 5 rings (SSSR count). The number of aromatic hydroxyl groups is 1. The molecule has 0 radical (unpaired) electrons. The number of nitrogens with zero attached hydrogens (tertiary/aromatic N) is 1. The van der Waals surface area contributed by atoms with Crippen LogP contribution in [0.3, 0.4) is 0 Å². The van der Waals surface area contributed by atoms with E-state index in [1.54, 1.807) is 45.0 Å². The lowest BCUT2D eigenvalue weighted by atomic mass is 9.44. The first-order chi connectivity index (χ1) is 19.2. The highest BCUT2D eigenvalue weighted by molar-refractivity contribution is 9.09. The molecule has 222 valence electrons. The van der Waals surface area contributed by atoms with E-state index in [1.165, 1.54) is 6.07 Å². The van der Waals surface area contributed by atoms with E-state index >= 15 is 0 Å². The van der Waals surface area contributed by atoms with Crippen LogP contribution in [0.2, 0.25) is 0 Å². The van der Waals surface area contributed by atoms with E-state index in [0.29, 0.717) is 5.56 Å². The van der Waals surface area contributed by atoms with Crippen molar-refractivity contribution in [2.45, 2.75) is 74.4 Å². The van der Waals surface area contributed by atoms with Gasteiger partial charge < -0.3 is 25.6 Å². The molecule has 4 N–H and O–H groups in total. The van der Waals surface area contributed by atoms with Crippen LogP contribution in [0.15, 0.2) is 18.2 Å². The maximum absolute atomic E-state index is 14.5. The number of hydrogen-bond donors (Lipinski definition) is 3. The summed E-state index contributed by atoms with van der Waals surface area (Å²) in [5.74, 6) is -9.84. The SMILES string of the molecule is C[C@@H]1c2cccc(O)c2C(=O)C2C(=O)[C@@]3(O)C(=O)C(C(N)=O)C(Br)[C@H](N(C)C)[C@H]3[C@H](OC(=O)CC3CCCC3)[C@]21C. The number of ketones is 3. The van der Waals surface area contributed by atoms with E-state index in [2.05, 4.69) is 15.9 Å². The summed E-state index contributed by atoms with van der Waals surface area (Å²) in [4.78, 5) is 69.4. The number of ether oxygens (including phenoxy) is 1. The zero-order valence-corrected chi connectivity index (χ0v) is 25.2. The second-order valence-electron chi connectivity index (χ2n) is 12.7. The third kappa shape index (κ3) is 4.13. The number of aliphatic hydroxyl groups is 1. The van der Waals surface area contributed by atoms with Crippen LogP contribution in [0, 0.1) is 29.1 Å². The van der Waals surface area contributed by atoms with Crippen molar-refractivity contribution in [2.24, 2.45) is 34.8 Å². The smallest absolute Gasteiger partial charge is 0.306 e. The molecule has 0 bridgehead atoms. The molecule has 0 aliphatic heterocycles. The lowest BCUT2D eigenvalue weighted by Crippen LogP contribution is -2.80. The number of hydrogen-bond acceptors (Lipinski definition) is 9. The van der Waals surface area contributed by atoms with Gasteiger partial charge in [-0.1, -0.05) is 54.8 Å². The summed E-state index contributed by atoms with van der Waals surface area (Å²) < 4.78 is 6.26. The van der Waals surface area contributed by atoms with Gasteiger partial charge in [-0.15, -0.1) is 0 Å². The van der Waals surface area contributed by atoms with Gasteiger partial charge >= 0.3 is 5.97 Å². The van der Waals surface area contributed by atoms with Gasteiger partial charge in [0.1, 0.15) is 17.8 Å². The molecule has 3 fully saturated rings. The van der Waals surface area contributed by atoms with E-state index in [-0.39, 0.29) is 23.7 Å². The number of benzene rings is 1. The van der Waals surface area contributed by atoms with Crippen LogP contribution >= 0.6 is 15.9 Å². The van der Waals surface area contributed by atoms with E-state index in [1.807, 2.05) is 0 Å². The second kappa shape index (κ2) is 10.3. The Labute approximate surface area is 247 Å². The number of Topliss-reactive ketones (excluding diaryl/α,β-unsaturated/α-hetero) is 3. The summed E-state index contributed by atoms with van der Waals surface area (Å²) in [5.41, 5.74) is 1.80. The molecule has 1 aromatic carbocycles. The van der Waals surface area contributed by atoms with Crippen molar-refractivity contribution in [3.05, 3.63) is 29.3 Å². The first-order valence-corrected chi connectivity index (χ1v) is 15.1. The molecule has 11 heteroatoms. The van der Waals surface area contributed by atoms with Crippen molar-refractivity contribution >= 4 is 45.2 Å². The summed E-state index contributed by atoms with van der Waals surface area (Å²) >= 11 is 3.48. The zero-order valence-electron chi connectivity index (χ0n) is 23.6. The third-order valence-corrected chi connectivity index (χ3v) is 11.5. The minimum absolute atomic E-state index is 0.0638. The van der Waals surface area contributed by atoms with Crippen molar-refractivity contribution in [3.63, 3.8) is 0 Å². The number of phenols is 1. The van der Waals surface area contributed by atoms with E-state index in [0.717, 1.165) is 25.7 Å². The maximum Gasteiger partial charge on any atom is 0.306 e. The molecule has 3 unspecified atom stereocenters. The predicted molar refractivity (Wildman–Crippen MR) is 150 cm³/mol. The topological polar surface area (TPSA) is 164 Å². The van der Waals surface area contributed by atoms with Crippen molar-refractivity contribution in [2.75, 3.05) is 14.1 Å². The fourth-order valence-electron chi connectivity index (χ4n) is 8.22. The summed E-state index contributed by atoms with van der Waals surface area (Å²) in [6.07, 6.45) is 2.66. The number of primary amides is 1. The Morgan fingerprint density at radius 3 is 2.37 bits per heavy atom. The van der Waals surface area contributed by atoms with Gasteiger partial charge in [-0.25, -0.2) is 0 Å². The quantitative estimate of drug-likeness (QED) is 0.250. The van der Waals surface area contributed by atoms with Crippen molar-refractivity contribution in [1.29, 1.82) is 0 Å². The van der Waals surface area contributed by atoms with Crippen molar-refractivity contribution in [1.82, 2.24) is 4.90 Å². The Morgan fingerprint density at radius 1 is 1.15 bits per heavy atom. The monoisotopic (exact) mass is 632 g/mol. The summed E-state index contributed by atoms with van der Waals surface area (Å²) in [6.45, 7) is 3.47. The molecular weight excluding hydrogens is 596 g/mol. The van der Waals surface area contributed by atoms with E-state index in [9.17, 15) is 34.2 Å². The summed E-state index contributed by atoms with van der Waals surface area (Å²) in [5, 5.41) is 22.9. The lowest BCUT2D eigenvalue weighted by Gasteiger charge is -2.62. The fourth-order valence-corrected chi connectivity index (χ4v) is 9.52. The first-order valence-electron chi connectivity index (χ1n) is 14.1. The Balaban J connectivity index is 1.75. The van der Waals surface area contributed by atoms with E-state index in [4.69, 9.17) is 10.5 Å². The second-order valence-corrected chi connectivity index (χ2v) is 13.7. The molecule has 0 spiro atoms. The van der Waals surface area contributed by atoms with Gasteiger partial charge in [-0.2, -0.15) is 0 Å². The molecule has 0 saturated heterocycles. The third-order valence-electron chi connectivity index (χ3n) is 10.4. The largest absolute Gasteiger partial charge is 0.507 e. The molecular formula is C30H37BrN2O8. The van der Waals surface area contributed by atoms with Crippen LogP contribution in [-0.2, 0) is 23.9 Å². The molecule has 9 atom stereocenters. The highest BCUT2D eigenvalue weighted by Gasteiger charge is 2.76. The molecule has 4 aliphatic rings. The van der Waals surface area contributed by atoms with Crippen LogP contribution < -0.4 is 5.73 Å². The van der Waals surface area contributed by atoms with Gasteiger partial charge in [-0.05, 0) is 50.4 Å². The lowest BCUT2D eigenvalue weighted by molar-refractivity contribution is -0.219. The number of carbonyl (C=O) groups is 5. The molecule has 3 saturated carbocycles. The van der Waals surface area contributed by atoms with Crippen LogP contribution in [-0.4, -0.2) is 81.0 Å². The number of phenolic OH excluding ortho intramolecular Hbond substituents is 1. The molecule has 10 nitrogen and oxygen atoms in total. The fraction of sp³-hybridized carbons (Fsp3) is 0.633. The Kier molecular flexibility index (Phi) is 7.48. The number of nitrogens with two attached hydrogens (primary N) is 1. The van der Waals surface area contributed by atoms with Gasteiger partial charge in [0.25, 0.3) is 0 Å². The Morgan fingerprint density at radius 2 is 1.78 bits per heavy atom. The normalized spacial score (nSPS) is 38.8. The highest BCUT2D eigenvalue weighted by atomic mass is 79.9. The molecule has 1 aromatic rings. The van der Waals surface area contributed by atoms with Crippen molar-refractivity contribution in [3.8, 4) is 5.75 Å². The Bertz CT molecular complexity index is 1330. The number of fused-ring (bicyclic) bond motifs is 3. The molecule has 0 aromatic heterocycles. The van der Waals surface area contributed by atoms with Crippen LogP contribution in [0.5, 0.6) is 5.75 Å². The van der Waals surface area contributed by atoms with Gasteiger partial charge in [0.2, 0.25) is 5.91 Å². The summed E-state index contributed by atoms with van der Waals surface area (Å²) in [7, 11) is 3.35. The van der Waals surface area contributed by atoms with Crippen LogP contribution in [0.1, 0.15) is 67.8 Å².